The quantitative estimate of drug-likeness (QED) is 0.885. The smallest absolute Gasteiger partial charge is 0.243 e. The van der Waals surface area contributed by atoms with Crippen molar-refractivity contribution >= 4 is 5.91 Å². The van der Waals surface area contributed by atoms with Crippen LogP contribution in [-0.4, -0.2) is 51.9 Å². The Kier molecular flexibility index (Phi) is 4.95. The van der Waals surface area contributed by atoms with Crippen molar-refractivity contribution in [2.24, 2.45) is 11.1 Å². The van der Waals surface area contributed by atoms with Crippen molar-refractivity contribution in [1.82, 2.24) is 14.7 Å². The van der Waals surface area contributed by atoms with Gasteiger partial charge in [0.2, 0.25) is 5.91 Å². The van der Waals surface area contributed by atoms with Gasteiger partial charge in [-0.2, -0.15) is 5.10 Å². The van der Waals surface area contributed by atoms with Gasteiger partial charge < -0.3 is 15.4 Å². The molecule has 2 aliphatic rings. The Bertz CT molecular complexity index is 619. The molecule has 2 heterocycles. The van der Waals surface area contributed by atoms with E-state index in [0.717, 1.165) is 32.5 Å². The monoisotopic (exact) mass is 348 g/mol. The number of piperidine rings is 1. The maximum atomic E-state index is 13.1. The molecule has 6 nitrogen and oxygen atoms in total. The number of carbonyl (C=O) groups excluding carboxylic acids is 1. The average Bonchev–Trinajstić information content (AvgIpc) is 3.10. The second-order valence-corrected chi connectivity index (χ2v) is 8.04. The summed E-state index contributed by atoms with van der Waals surface area (Å²) in [5, 5.41) is 4.37. The van der Waals surface area contributed by atoms with E-state index in [4.69, 9.17) is 10.5 Å². The Morgan fingerprint density at radius 2 is 2.04 bits per heavy atom. The summed E-state index contributed by atoms with van der Waals surface area (Å²) in [5.41, 5.74) is 6.73. The lowest BCUT2D eigenvalue weighted by molar-refractivity contribution is -0.180. The summed E-state index contributed by atoms with van der Waals surface area (Å²) >= 11 is 0. The summed E-state index contributed by atoms with van der Waals surface area (Å²) in [6.07, 6.45) is 6.75. The third-order valence-corrected chi connectivity index (χ3v) is 6.44. The molecule has 0 aromatic carbocycles. The molecule has 1 aromatic heterocycles. The van der Waals surface area contributed by atoms with Crippen LogP contribution in [0.2, 0.25) is 0 Å². The van der Waals surface area contributed by atoms with E-state index in [1.807, 2.05) is 22.7 Å². The minimum atomic E-state index is -0.799. The molecule has 2 atom stereocenters. The van der Waals surface area contributed by atoms with Crippen LogP contribution in [0.25, 0.3) is 0 Å². The number of aryl methyl sites for hydroxylation is 1. The maximum absolute atomic E-state index is 13.1. The van der Waals surface area contributed by atoms with Crippen LogP contribution in [0.1, 0.15) is 58.4 Å². The van der Waals surface area contributed by atoms with E-state index >= 15 is 0 Å². The first-order chi connectivity index (χ1) is 11.8. The molecule has 2 fully saturated rings. The molecule has 6 heteroatoms. The fraction of sp³-hybridized carbons (Fsp3) is 0.789. The van der Waals surface area contributed by atoms with E-state index in [0.29, 0.717) is 18.9 Å². The molecular weight excluding hydrogens is 316 g/mol. The van der Waals surface area contributed by atoms with Gasteiger partial charge >= 0.3 is 0 Å². The number of ether oxygens (including phenoxy) is 1. The van der Waals surface area contributed by atoms with E-state index in [9.17, 15) is 4.79 Å². The maximum Gasteiger partial charge on any atom is 0.243 e. The minimum Gasteiger partial charge on any atom is -0.378 e. The number of hydrogen-bond acceptors (Lipinski definition) is 4. The SMILES string of the molecule is CCOC1CC(N)(C(=O)N2CCC(c3cnn(CC)c3)CC2)C1(C)C. The molecule has 1 aromatic rings. The van der Waals surface area contributed by atoms with Gasteiger partial charge in [-0.25, -0.2) is 0 Å². The van der Waals surface area contributed by atoms with Crippen molar-refractivity contribution in [2.45, 2.75) is 71.1 Å². The van der Waals surface area contributed by atoms with Crippen LogP contribution < -0.4 is 5.73 Å². The number of aromatic nitrogens is 2. The highest BCUT2D eigenvalue weighted by atomic mass is 16.5. The fourth-order valence-corrected chi connectivity index (χ4v) is 4.26. The van der Waals surface area contributed by atoms with Gasteiger partial charge in [-0.15, -0.1) is 0 Å². The Hall–Kier alpha value is -1.40. The van der Waals surface area contributed by atoms with Gasteiger partial charge in [0.05, 0.1) is 12.3 Å². The molecular formula is C19H32N4O2. The number of nitrogens with zero attached hydrogens (tertiary/aromatic N) is 3. The van der Waals surface area contributed by atoms with Crippen molar-refractivity contribution < 1.29 is 9.53 Å². The number of likely N-dealkylation sites (tertiary alicyclic amines) is 1. The van der Waals surface area contributed by atoms with E-state index in [1.54, 1.807) is 0 Å². The minimum absolute atomic E-state index is 0.0730. The summed E-state index contributed by atoms with van der Waals surface area (Å²) in [7, 11) is 0. The molecule has 1 aliphatic carbocycles. The van der Waals surface area contributed by atoms with Gasteiger partial charge in [0.15, 0.2) is 0 Å². The number of amides is 1. The first-order valence-electron chi connectivity index (χ1n) is 9.55. The summed E-state index contributed by atoms with van der Waals surface area (Å²) < 4.78 is 7.72. The first kappa shape index (κ1) is 18.4. The van der Waals surface area contributed by atoms with Gasteiger partial charge in [-0.3, -0.25) is 9.48 Å². The van der Waals surface area contributed by atoms with Crippen molar-refractivity contribution in [1.29, 1.82) is 0 Å². The molecule has 0 bridgehead atoms. The Balaban J connectivity index is 1.60. The lowest BCUT2D eigenvalue weighted by atomic mass is 9.54. The van der Waals surface area contributed by atoms with Crippen LogP contribution >= 0.6 is 0 Å². The molecule has 1 amide bonds. The van der Waals surface area contributed by atoms with E-state index in [-0.39, 0.29) is 17.4 Å². The van der Waals surface area contributed by atoms with Crippen LogP contribution in [0.15, 0.2) is 12.4 Å². The van der Waals surface area contributed by atoms with E-state index < -0.39 is 5.54 Å². The molecule has 3 rings (SSSR count). The van der Waals surface area contributed by atoms with E-state index in [1.165, 1.54) is 5.56 Å². The summed E-state index contributed by atoms with van der Waals surface area (Å²) in [4.78, 5) is 15.1. The number of nitrogens with two attached hydrogens (primary N) is 1. The second kappa shape index (κ2) is 6.72. The van der Waals surface area contributed by atoms with Crippen LogP contribution in [-0.2, 0) is 16.1 Å². The molecule has 140 valence electrons. The molecule has 25 heavy (non-hydrogen) atoms. The third-order valence-electron chi connectivity index (χ3n) is 6.44. The van der Waals surface area contributed by atoms with Gasteiger partial charge in [0.1, 0.15) is 5.54 Å². The zero-order chi connectivity index (χ0) is 18.2. The largest absolute Gasteiger partial charge is 0.378 e. The molecule has 1 saturated heterocycles. The topological polar surface area (TPSA) is 73.4 Å². The molecule has 2 unspecified atom stereocenters. The second-order valence-electron chi connectivity index (χ2n) is 8.04. The number of rotatable bonds is 5. The Labute approximate surface area is 150 Å². The first-order valence-corrected chi connectivity index (χ1v) is 9.55. The summed E-state index contributed by atoms with van der Waals surface area (Å²) in [5.74, 6) is 0.583. The Morgan fingerprint density at radius 1 is 1.36 bits per heavy atom. The number of hydrogen-bond donors (Lipinski definition) is 1. The highest BCUT2D eigenvalue weighted by Gasteiger charge is 2.63. The average molecular weight is 348 g/mol. The van der Waals surface area contributed by atoms with Crippen LogP contribution in [0.5, 0.6) is 0 Å². The van der Waals surface area contributed by atoms with Gasteiger partial charge in [-0.1, -0.05) is 13.8 Å². The molecule has 0 spiro atoms. The highest BCUT2D eigenvalue weighted by molar-refractivity contribution is 5.89. The standard InChI is InChI=1S/C19H32N4O2/c1-5-23-13-15(12-21-23)14-7-9-22(10-8-14)17(24)19(20)11-16(25-6-2)18(19,3)4/h12-14,16H,5-11,20H2,1-4H3. The van der Waals surface area contributed by atoms with Crippen LogP contribution in [0, 0.1) is 5.41 Å². The lowest BCUT2D eigenvalue weighted by Crippen LogP contribution is -2.76. The van der Waals surface area contributed by atoms with Crippen molar-refractivity contribution in [3.05, 3.63) is 18.0 Å². The van der Waals surface area contributed by atoms with Crippen LogP contribution in [0.4, 0.5) is 0 Å². The predicted octanol–water partition coefficient (Wildman–Crippen LogP) is 2.14. The third kappa shape index (κ3) is 2.99. The van der Waals surface area contributed by atoms with Crippen LogP contribution in [0.3, 0.4) is 0 Å². The van der Waals surface area contributed by atoms with Gasteiger partial charge in [0, 0.05) is 44.3 Å². The van der Waals surface area contributed by atoms with Gasteiger partial charge in [-0.05, 0) is 38.2 Å². The predicted molar refractivity (Wildman–Crippen MR) is 97.2 cm³/mol. The molecule has 0 radical (unpaired) electrons. The van der Waals surface area contributed by atoms with Crippen molar-refractivity contribution in [3.63, 3.8) is 0 Å². The normalized spacial score (nSPS) is 29.5. The van der Waals surface area contributed by atoms with E-state index in [2.05, 4.69) is 32.1 Å². The van der Waals surface area contributed by atoms with Gasteiger partial charge in [0.25, 0.3) is 0 Å². The highest BCUT2D eigenvalue weighted by Crippen LogP contribution is 2.50. The summed E-state index contributed by atoms with van der Waals surface area (Å²) in [6.45, 7) is 11.3. The summed E-state index contributed by atoms with van der Waals surface area (Å²) in [6, 6.07) is 0. The number of carbonyl (C=O) groups is 1. The fourth-order valence-electron chi connectivity index (χ4n) is 4.26. The molecule has 2 N–H and O–H groups in total. The zero-order valence-electron chi connectivity index (χ0n) is 16.0. The van der Waals surface area contributed by atoms with Crippen molar-refractivity contribution in [3.8, 4) is 0 Å². The zero-order valence-corrected chi connectivity index (χ0v) is 16.0. The molecule has 1 saturated carbocycles. The molecule has 1 aliphatic heterocycles. The lowest BCUT2D eigenvalue weighted by Gasteiger charge is -2.59. The van der Waals surface area contributed by atoms with Crippen molar-refractivity contribution in [2.75, 3.05) is 19.7 Å². The Morgan fingerprint density at radius 3 is 2.56 bits per heavy atom.